The summed E-state index contributed by atoms with van der Waals surface area (Å²) in [5, 5.41) is 9.00. The van der Waals surface area contributed by atoms with Gasteiger partial charge in [0.1, 0.15) is 0 Å². The molecular weight excluding hydrogens is 104 g/mol. The Bertz CT molecular complexity index is 46.5. The van der Waals surface area contributed by atoms with Gasteiger partial charge in [0.25, 0.3) is 0 Å². The lowest BCUT2D eigenvalue weighted by molar-refractivity contribution is -0.00166. The van der Waals surface area contributed by atoms with Crippen LogP contribution in [0.15, 0.2) is 0 Å². The summed E-state index contributed by atoms with van der Waals surface area (Å²) in [4.78, 5) is 0. The highest BCUT2D eigenvalue weighted by Gasteiger charge is 2.08. The van der Waals surface area contributed by atoms with Crippen LogP contribution in [0.4, 0.5) is 0 Å². The molecule has 0 fully saturated rings. The maximum Gasteiger partial charge on any atom is 0.0801 e. The minimum absolute atomic E-state index is 0.0278. The second-order valence-corrected chi connectivity index (χ2v) is 1.92. The Labute approximate surface area is 50.5 Å². The molecule has 0 aromatic heterocycles. The van der Waals surface area contributed by atoms with Gasteiger partial charge in [0.15, 0.2) is 0 Å². The maximum absolute atomic E-state index is 9.00. The van der Waals surface area contributed by atoms with Gasteiger partial charge in [-0.1, -0.05) is 6.92 Å². The third-order valence-corrected chi connectivity index (χ3v) is 1.33. The molecule has 1 unspecified atom stereocenters. The average molecular weight is 118 g/mol. The smallest absolute Gasteiger partial charge is 0.0801 e. The molecule has 2 atom stereocenters. The standard InChI is InChI=1S/C6H14O2/c1-4-6(7)5(2)8-3/h5-7H,4H2,1-3H3/t5-,6?/m0/s1. The molecular formula is C6H14O2. The van der Waals surface area contributed by atoms with Gasteiger partial charge in [0.05, 0.1) is 12.2 Å². The molecule has 0 radical (unpaired) electrons. The lowest BCUT2D eigenvalue weighted by Crippen LogP contribution is -2.23. The summed E-state index contributed by atoms with van der Waals surface area (Å²) in [5.74, 6) is 0. The Kier molecular flexibility index (Phi) is 3.83. The molecule has 0 amide bonds. The molecule has 0 bridgehead atoms. The molecule has 1 N–H and O–H groups in total. The summed E-state index contributed by atoms with van der Waals surface area (Å²) < 4.78 is 4.85. The zero-order chi connectivity index (χ0) is 6.57. The van der Waals surface area contributed by atoms with E-state index in [2.05, 4.69) is 0 Å². The first kappa shape index (κ1) is 7.92. The number of ether oxygens (including phenoxy) is 1. The largest absolute Gasteiger partial charge is 0.390 e. The van der Waals surface area contributed by atoms with E-state index in [-0.39, 0.29) is 12.2 Å². The van der Waals surface area contributed by atoms with Gasteiger partial charge in [0.2, 0.25) is 0 Å². The molecule has 0 saturated heterocycles. The van der Waals surface area contributed by atoms with E-state index in [1.165, 1.54) is 0 Å². The fourth-order valence-electron chi connectivity index (χ4n) is 0.489. The van der Waals surface area contributed by atoms with E-state index in [1.807, 2.05) is 13.8 Å². The molecule has 50 valence electrons. The fourth-order valence-corrected chi connectivity index (χ4v) is 0.489. The normalized spacial score (nSPS) is 18.0. The van der Waals surface area contributed by atoms with Crippen molar-refractivity contribution in [3.8, 4) is 0 Å². The highest BCUT2D eigenvalue weighted by atomic mass is 16.5. The van der Waals surface area contributed by atoms with Crippen LogP contribution in [0.3, 0.4) is 0 Å². The van der Waals surface area contributed by atoms with E-state index in [0.29, 0.717) is 0 Å². The lowest BCUT2D eigenvalue weighted by Gasteiger charge is -2.14. The summed E-state index contributed by atoms with van der Waals surface area (Å²) in [6, 6.07) is 0. The zero-order valence-corrected chi connectivity index (χ0v) is 5.72. The van der Waals surface area contributed by atoms with Gasteiger partial charge in [-0.3, -0.25) is 0 Å². The topological polar surface area (TPSA) is 29.5 Å². The molecule has 8 heavy (non-hydrogen) atoms. The van der Waals surface area contributed by atoms with E-state index in [4.69, 9.17) is 9.84 Å². The zero-order valence-electron chi connectivity index (χ0n) is 5.72. The summed E-state index contributed by atoms with van der Waals surface area (Å²) in [6.07, 6.45) is 0.426. The van der Waals surface area contributed by atoms with Crippen LogP contribution in [0.1, 0.15) is 20.3 Å². The first-order chi connectivity index (χ1) is 3.72. The third-order valence-electron chi connectivity index (χ3n) is 1.33. The van der Waals surface area contributed by atoms with Gasteiger partial charge in [-0.25, -0.2) is 0 Å². The summed E-state index contributed by atoms with van der Waals surface area (Å²) in [5.41, 5.74) is 0. The first-order valence-electron chi connectivity index (χ1n) is 2.93. The minimum Gasteiger partial charge on any atom is -0.390 e. The molecule has 0 aromatic carbocycles. The van der Waals surface area contributed by atoms with Gasteiger partial charge < -0.3 is 9.84 Å². The van der Waals surface area contributed by atoms with Crippen molar-refractivity contribution < 1.29 is 9.84 Å². The second-order valence-electron chi connectivity index (χ2n) is 1.92. The van der Waals surface area contributed by atoms with Crippen LogP contribution in [0.2, 0.25) is 0 Å². The first-order valence-corrected chi connectivity index (χ1v) is 2.93. The van der Waals surface area contributed by atoms with Crippen LogP contribution in [0.25, 0.3) is 0 Å². The van der Waals surface area contributed by atoms with Crippen LogP contribution < -0.4 is 0 Å². The number of hydrogen-bond donors (Lipinski definition) is 1. The molecule has 0 saturated carbocycles. The predicted molar refractivity (Wildman–Crippen MR) is 32.8 cm³/mol. The van der Waals surface area contributed by atoms with Gasteiger partial charge in [0, 0.05) is 7.11 Å². The quantitative estimate of drug-likeness (QED) is 0.593. The van der Waals surface area contributed by atoms with Crippen LogP contribution in [-0.2, 0) is 4.74 Å². The highest BCUT2D eigenvalue weighted by Crippen LogP contribution is 1.99. The van der Waals surface area contributed by atoms with Crippen molar-refractivity contribution in [3.63, 3.8) is 0 Å². The third kappa shape index (κ3) is 2.28. The molecule has 2 nitrogen and oxygen atoms in total. The van der Waals surface area contributed by atoms with Crippen LogP contribution in [-0.4, -0.2) is 24.4 Å². The number of methoxy groups -OCH3 is 1. The Morgan fingerprint density at radius 3 is 2.25 bits per heavy atom. The predicted octanol–water partition coefficient (Wildman–Crippen LogP) is 0.792. The molecule has 0 aliphatic heterocycles. The Morgan fingerprint density at radius 1 is 1.62 bits per heavy atom. The van der Waals surface area contributed by atoms with Gasteiger partial charge in [-0.05, 0) is 13.3 Å². The average Bonchev–Trinajstić information content (AvgIpc) is 1.84. The highest BCUT2D eigenvalue weighted by molar-refractivity contribution is 4.59. The van der Waals surface area contributed by atoms with Gasteiger partial charge >= 0.3 is 0 Å². The molecule has 0 aliphatic rings. The van der Waals surface area contributed by atoms with Crippen molar-refractivity contribution >= 4 is 0 Å². The second kappa shape index (κ2) is 3.87. The fraction of sp³-hybridized carbons (Fsp3) is 1.00. The lowest BCUT2D eigenvalue weighted by atomic mass is 10.2. The monoisotopic (exact) mass is 118 g/mol. The van der Waals surface area contributed by atoms with E-state index >= 15 is 0 Å². The summed E-state index contributed by atoms with van der Waals surface area (Å²) in [7, 11) is 1.60. The van der Waals surface area contributed by atoms with E-state index < -0.39 is 0 Å². The van der Waals surface area contributed by atoms with Crippen LogP contribution in [0, 0.1) is 0 Å². The Hall–Kier alpha value is -0.0800. The maximum atomic E-state index is 9.00. The van der Waals surface area contributed by atoms with E-state index in [0.717, 1.165) is 6.42 Å². The number of hydrogen-bond acceptors (Lipinski definition) is 2. The summed E-state index contributed by atoms with van der Waals surface area (Å²) in [6.45, 7) is 3.79. The number of aliphatic hydroxyl groups excluding tert-OH is 1. The van der Waals surface area contributed by atoms with Crippen LogP contribution >= 0.6 is 0 Å². The van der Waals surface area contributed by atoms with Crippen molar-refractivity contribution in [3.05, 3.63) is 0 Å². The SMILES string of the molecule is CCC(O)[C@H](C)OC. The van der Waals surface area contributed by atoms with Crippen molar-refractivity contribution in [1.29, 1.82) is 0 Å². The minimum atomic E-state index is -0.306. The molecule has 0 spiro atoms. The molecule has 0 aromatic rings. The molecule has 2 heteroatoms. The molecule has 0 aliphatic carbocycles. The van der Waals surface area contributed by atoms with Crippen LogP contribution in [0.5, 0.6) is 0 Å². The van der Waals surface area contributed by atoms with Crippen molar-refractivity contribution in [2.45, 2.75) is 32.5 Å². The van der Waals surface area contributed by atoms with Crippen molar-refractivity contribution in [2.24, 2.45) is 0 Å². The Morgan fingerprint density at radius 2 is 2.12 bits per heavy atom. The van der Waals surface area contributed by atoms with E-state index in [9.17, 15) is 0 Å². The van der Waals surface area contributed by atoms with Crippen molar-refractivity contribution in [2.75, 3.05) is 7.11 Å². The van der Waals surface area contributed by atoms with Gasteiger partial charge in [-0.15, -0.1) is 0 Å². The molecule has 0 heterocycles. The summed E-state index contributed by atoms with van der Waals surface area (Å²) >= 11 is 0. The molecule has 0 rings (SSSR count). The van der Waals surface area contributed by atoms with E-state index in [1.54, 1.807) is 7.11 Å². The van der Waals surface area contributed by atoms with Gasteiger partial charge in [-0.2, -0.15) is 0 Å². The number of rotatable bonds is 3. The Balaban J connectivity index is 3.29. The number of aliphatic hydroxyl groups is 1. The van der Waals surface area contributed by atoms with Crippen molar-refractivity contribution in [1.82, 2.24) is 0 Å².